The van der Waals surface area contributed by atoms with E-state index in [2.05, 4.69) is 13.8 Å². The standard InChI is InChI=1S/C28H55NO3/c1-3-5-7-9-11-13-15-17-19-21-27(22-24-30-27)32-28(23-25-31-28)26(29)20-18-16-14-12-10-8-6-4-2/h26H,3-25,29H2,1-2H3. The van der Waals surface area contributed by atoms with Gasteiger partial charge < -0.3 is 19.9 Å². The van der Waals surface area contributed by atoms with Crippen LogP contribution < -0.4 is 5.73 Å². The summed E-state index contributed by atoms with van der Waals surface area (Å²) in [5, 5.41) is 0. The summed E-state index contributed by atoms with van der Waals surface area (Å²) in [4.78, 5) is 0. The highest BCUT2D eigenvalue weighted by molar-refractivity contribution is 4.93. The van der Waals surface area contributed by atoms with Crippen LogP contribution in [-0.4, -0.2) is 30.8 Å². The van der Waals surface area contributed by atoms with Crippen molar-refractivity contribution in [3.05, 3.63) is 0 Å². The molecule has 0 saturated carbocycles. The first-order chi connectivity index (χ1) is 15.7. The quantitative estimate of drug-likeness (QED) is 0.169. The number of unbranched alkanes of at least 4 members (excludes halogenated alkanes) is 15. The lowest BCUT2D eigenvalue weighted by atomic mass is 9.92. The van der Waals surface area contributed by atoms with Gasteiger partial charge in [0.1, 0.15) is 0 Å². The van der Waals surface area contributed by atoms with Crippen molar-refractivity contribution in [1.82, 2.24) is 0 Å². The van der Waals surface area contributed by atoms with E-state index in [1.54, 1.807) is 0 Å². The summed E-state index contributed by atoms with van der Waals surface area (Å²) in [6.07, 6.45) is 26.6. The lowest BCUT2D eigenvalue weighted by molar-refractivity contribution is -0.436. The molecule has 2 aliphatic heterocycles. The van der Waals surface area contributed by atoms with Crippen molar-refractivity contribution in [1.29, 1.82) is 0 Å². The van der Waals surface area contributed by atoms with E-state index in [0.29, 0.717) is 0 Å². The van der Waals surface area contributed by atoms with E-state index < -0.39 is 11.6 Å². The van der Waals surface area contributed by atoms with Gasteiger partial charge in [-0.05, 0) is 12.8 Å². The van der Waals surface area contributed by atoms with Gasteiger partial charge in [0.15, 0.2) is 11.6 Å². The maximum Gasteiger partial charge on any atom is 0.188 e. The van der Waals surface area contributed by atoms with Crippen LogP contribution in [0.3, 0.4) is 0 Å². The average Bonchev–Trinajstić information content (AvgIpc) is 2.74. The SMILES string of the molecule is CCCCCCCCCCCC1(OC2(C(N)CCCCCCCCCC)CCO2)CCO1. The zero-order valence-electron chi connectivity index (χ0n) is 21.6. The largest absolute Gasteiger partial charge is 0.349 e. The van der Waals surface area contributed by atoms with Crippen LogP contribution in [0.5, 0.6) is 0 Å². The second-order valence-corrected chi connectivity index (χ2v) is 10.5. The zero-order valence-corrected chi connectivity index (χ0v) is 21.6. The molecule has 4 heteroatoms. The molecule has 0 aliphatic carbocycles. The van der Waals surface area contributed by atoms with E-state index in [1.807, 2.05) is 0 Å². The molecule has 2 N–H and O–H groups in total. The monoisotopic (exact) mass is 453 g/mol. The smallest absolute Gasteiger partial charge is 0.188 e. The number of ether oxygens (including phenoxy) is 3. The lowest BCUT2D eigenvalue weighted by Crippen LogP contribution is -2.65. The fraction of sp³-hybridized carbons (Fsp3) is 1.00. The molecule has 2 aliphatic rings. The molecule has 0 amide bonds. The molecule has 3 atom stereocenters. The Morgan fingerprint density at radius 3 is 1.50 bits per heavy atom. The first-order valence-electron chi connectivity index (χ1n) is 14.4. The summed E-state index contributed by atoms with van der Waals surface area (Å²) in [6, 6.07) is -0.0412. The Labute approximate surface area is 199 Å². The number of hydrogen-bond donors (Lipinski definition) is 1. The topological polar surface area (TPSA) is 53.7 Å². The molecule has 0 aromatic carbocycles. The lowest BCUT2D eigenvalue weighted by Gasteiger charge is -2.53. The Balaban J connectivity index is 1.60. The molecule has 32 heavy (non-hydrogen) atoms. The van der Waals surface area contributed by atoms with Crippen LogP contribution in [0.4, 0.5) is 0 Å². The minimum Gasteiger partial charge on any atom is -0.349 e. The van der Waals surface area contributed by atoms with Crippen LogP contribution in [0.1, 0.15) is 149 Å². The third kappa shape index (κ3) is 9.99. The van der Waals surface area contributed by atoms with Crippen LogP contribution in [0, 0.1) is 0 Å². The third-order valence-corrected chi connectivity index (χ3v) is 7.60. The van der Waals surface area contributed by atoms with Gasteiger partial charge in [-0.25, -0.2) is 0 Å². The summed E-state index contributed by atoms with van der Waals surface area (Å²) in [7, 11) is 0. The van der Waals surface area contributed by atoms with Crippen molar-refractivity contribution in [2.45, 2.75) is 166 Å². The molecular weight excluding hydrogens is 398 g/mol. The fourth-order valence-corrected chi connectivity index (χ4v) is 5.15. The molecule has 190 valence electrons. The minimum absolute atomic E-state index is 0.0412. The molecule has 0 bridgehead atoms. The maximum atomic E-state index is 6.62. The molecule has 2 fully saturated rings. The highest BCUT2D eigenvalue weighted by Gasteiger charge is 2.53. The van der Waals surface area contributed by atoms with Crippen LogP contribution in [-0.2, 0) is 14.2 Å². The van der Waals surface area contributed by atoms with Gasteiger partial charge in [-0.1, -0.05) is 117 Å². The third-order valence-electron chi connectivity index (χ3n) is 7.60. The van der Waals surface area contributed by atoms with E-state index in [-0.39, 0.29) is 6.04 Å². The maximum absolute atomic E-state index is 6.62. The molecule has 3 unspecified atom stereocenters. The van der Waals surface area contributed by atoms with Crippen molar-refractivity contribution in [3.63, 3.8) is 0 Å². The van der Waals surface area contributed by atoms with Crippen LogP contribution >= 0.6 is 0 Å². The first-order valence-corrected chi connectivity index (χ1v) is 14.4. The molecule has 4 nitrogen and oxygen atoms in total. The second-order valence-electron chi connectivity index (χ2n) is 10.5. The van der Waals surface area contributed by atoms with Crippen LogP contribution in [0.15, 0.2) is 0 Å². The van der Waals surface area contributed by atoms with Crippen molar-refractivity contribution in [2.24, 2.45) is 5.73 Å². The molecule has 0 spiro atoms. The van der Waals surface area contributed by atoms with Crippen molar-refractivity contribution in [2.75, 3.05) is 13.2 Å². The Bertz CT molecular complexity index is 448. The van der Waals surface area contributed by atoms with Gasteiger partial charge >= 0.3 is 0 Å². The number of nitrogens with two attached hydrogens (primary N) is 1. The summed E-state index contributed by atoms with van der Waals surface area (Å²) >= 11 is 0. The highest BCUT2D eigenvalue weighted by Crippen LogP contribution is 2.43. The van der Waals surface area contributed by atoms with Gasteiger partial charge in [-0.3, -0.25) is 0 Å². The van der Waals surface area contributed by atoms with E-state index in [1.165, 1.54) is 109 Å². The summed E-state index contributed by atoms with van der Waals surface area (Å²) in [5.74, 6) is -1.03. The molecule has 0 radical (unpaired) electrons. The van der Waals surface area contributed by atoms with Gasteiger partial charge in [-0.2, -0.15) is 0 Å². The normalized spacial score (nSPS) is 26.0. The fourth-order valence-electron chi connectivity index (χ4n) is 5.15. The van der Waals surface area contributed by atoms with Crippen molar-refractivity contribution < 1.29 is 14.2 Å². The first kappa shape index (κ1) is 28.1. The van der Waals surface area contributed by atoms with Gasteiger partial charge in [0.25, 0.3) is 0 Å². The molecule has 0 aromatic rings. The predicted molar refractivity (Wildman–Crippen MR) is 135 cm³/mol. The molecule has 2 rings (SSSR count). The summed E-state index contributed by atoms with van der Waals surface area (Å²) in [6.45, 7) is 6.12. The van der Waals surface area contributed by atoms with Crippen LogP contribution in [0.2, 0.25) is 0 Å². The summed E-state index contributed by atoms with van der Waals surface area (Å²) < 4.78 is 18.6. The van der Waals surface area contributed by atoms with E-state index >= 15 is 0 Å². The molecule has 2 saturated heterocycles. The Hall–Kier alpha value is -0.160. The Morgan fingerprint density at radius 2 is 1.09 bits per heavy atom. The van der Waals surface area contributed by atoms with E-state index in [4.69, 9.17) is 19.9 Å². The second kappa shape index (κ2) is 16.5. The van der Waals surface area contributed by atoms with Crippen molar-refractivity contribution in [3.8, 4) is 0 Å². The number of hydrogen-bond acceptors (Lipinski definition) is 4. The summed E-state index contributed by atoms with van der Waals surface area (Å²) in [5.41, 5.74) is 6.62. The Morgan fingerprint density at radius 1 is 0.656 bits per heavy atom. The van der Waals surface area contributed by atoms with E-state index in [0.717, 1.165) is 38.9 Å². The zero-order chi connectivity index (χ0) is 23.0. The molecule has 0 aromatic heterocycles. The molecule has 2 heterocycles. The molecular formula is C28H55NO3. The number of rotatable bonds is 22. The van der Waals surface area contributed by atoms with Gasteiger partial charge in [0.05, 0.1) is 19.3 Å². The average molecular weight is 454 g/mol. The van der Waals surface area contributed by atoms with Crippen molar-refractivity contribution >= 4 is 0 Å². The highest BCUT2D eigenvalue weighted by atomic mass is 16.8. The van der Waals surface area contributed by atoms with Gasteiger partial charge in [0, 0.05) is 19.3 Å². The van der Waals surface area contributed by atoms with Crippen LogP contribution in [0.25, 0.3) is 0 Å². The van der Waals surface area contributed by atoms with E-state index in [9.17, 15) is 0 Å². The minimum atomic E-state index is -0.596. The van der Waals surface area contributed by atoms with Gasteiger partial charge in [-0.15, -0.1) is 0 Å². The Kier molecular flexibility index (Phi) is 14.4. The van der Waals surface area contributed by atoms with Gasteiger partial charge in [0.2, 0.25) is 0 Å². The predicted octanol–water partition coefficient (Wildman–Crippen LogP) is 8.02.